The highest BCUT2D eigenvalue weighted by Gasteiger charge is 2.29. The van der Waals surface area contributed by atoms with E-state index in [1.165, 1.54) is 36.0 Å². The number of alkyl halides is 3. The van der Waals surface area contributed by atoms with Crippen LogP contribution < -0.4 is 5.43 Å². The number of hydrazone groups is 1. The number of anilines is 1. The number of aryl methyl sites for hydroxylation is 1. The van der Waals surface area contributed by atoms with Crippen LogP contribution in [0.15, 0.2) is 41.1 Å². The molecule has 118 valence electrons. The Morgan fingerprint density at radius 1 is 1.17 bits per heavy atom. The van der Waals surface area contributed by atoms with E-state index in [1.807, 2.05) is 12.3 Å². The molecule has 23 heavy (non-hydrogen) atoms. The maximum absolute atomic E-state index is 12.5. The van der Waals surface area contributed by atoms with Gasteiger partial charge in [0.25, 0.3) is 0 Å². The minimum Gasteiger partial charge on any atom is -0.261 e. The van der Waals surface area contributed by atoms with Crippen molar-refractivity contribution in [2.24, 2.45) is 5.10 Å². The van der Waals surface area contributed by atoms with Crippen molar-refractivity contribution in [2.75, 3.05) is 5.43 Å². The van der Waals surface area contributed by atoms with Crippen molar-refractivity contribution >= 4 is 33.6 Å². The van der Waals surface area contributed by atoms with Crippen molar-refractivity contribution < 1.29 is 13.2 Å². The first-order valence-electron chi connectivity index (χ1n) is 6.60. The molecular weight excluding hydrogens is 325 g/mol. The molecule has 2 heterocycles. The Balaban J connectivity index is 1.77. The number of benzene rings is 1. The molecule has 4 nitrogen and oxygen atoms in total. The van der Waals surface area contributed by atoms with E-state index in [9.17, 15) is 13.2 Å². The number of hydrogen-bond donors (Lipinski definition) is 1. The first kappa shape index (κ1) is 15.4. The Labute approximate surface area is 133 Å². The van der Waals surface area contributed by atoms with Crippen LogP contribution in [0, 0.1) is 6.92 Å². The van der Waals surface area contributed by atoms with Crippen molar-refractivity contribution in [1.82, 2.24) is 9.97 Å². The highest BCUT2D eigenvalue weighted by Crippen LogP contribution is 2.29. The molecule has 0 amide bonds. The van der Waals surface area contributed by atoms with E-state index >= 15 is 0 Å². The number of hydrogen-bond acceptors (Lipinski definition) is 5. The van der Waals surface area contributed by atoms with Gasteiger partial charge in [-0.25, -0.2) is 9.97 Å². The fourth-order valence-corrected chi connectivity index (χ4v) is 2.92. The van der Waals surface area contributed by atoms with Gasteiger partial charge in [0, 0.05) is 0 Å². The Kier molecular flexibility index (Phi) is 3.99. The number of halogens is 3. The van der Waals surface area contributed by atoms with E-state index < -0.39 is 11.7 Å². The molecule has 2 aromatic heterocycles. The lowest BCUT2D eigenvalue weighted by atomic mass is 10.1. The molecular formula is C15H11F3N4S. The van der Waals surface area contributed by atoms with Crippen molar-refractivity contribution in [3.05, 3.63) is 52.7 Å². The van der Waals surface area contributed by atoms with E-state index in [0.29, 0.717) is 11.4 Å². The number of aromatic nitrogens is 2. The van der Waals surface area contributed by atoms with E-state index in [0.717, 1.165) is 27.9 Å². The molecule has 8 heteroatoms. The topological polar surface area (TPSA) is 50.2 Å². The molecule has 0 saturated carbocycles. The summed E-state index contributed by atoms with van der Waals surface area (Å²) in [5.41, 5.74) is 3.72. The molecule has 3 aromatic rings. The summed E-state index contributed by atoms with van der Waals surface area (Å²) in [6.45, 7) is 1.95. The van der Waals surface area contributed by atoms with Crippen LogP contribution in [0.4, 0.5) is 19.0 Å². The van der Waals surface area contributed by atoms with Gasteiger partial charge in [-0.2, -0.15) is 18.3 Å². The average Bonchev–Trinajstić information content (AvgIpc) is 2.89. The molecule has 0 aliphatic carbocycles. The zero-order valence-corrected chi connectivity index (χ0v) is 12.7. The summed E-state index contributed by atoms with van der Waals surface area (Å²) < 4.78 is 37.5. The first-order valence-corrected chi connectivity index (χ1v) is 7.48. The fourth-order valence-electron chi connectivity index (χ4n) is 2.03. The Morgan fingerprint density at radius 3 is 2.61 bits per heavy atom. The molecule has 0 bridgehead atoms. The maximum Gasteiger partial charge on any atom is 0.416 e. The fraction of sp³-hybridized carbons (Fsp3) is 0.133. The van der Waals surface area contributed by atoms with Crippen LogP contribution in [-0.2, 0) is 6.18 Å². The van der Waals surface area contributed by atoms with Crippen molar-refractivity contribution in [2.45, 2.75) is 13.1 Å². The zero-order chi connectivity index (χ0) is 16.4. The van der Waals surface area contributed by atoms with Crippen LogP contribution in [0.1, 0.15) is 16.7 Å². The first-order chi connectivity index (χ1) is 10.9. The van der Waals surface area contributed by atoms with Crippen molar-refractivity contribution in [3.63, 3.8) is 0 Å². The van der Waals surface area contributed by atoms with Crippen molar-refractivity contribution in [3.8, 4) is 0 Å². The molecule has 0 radical (unpaired) electrons. The highest BCUT2D eigenvalue weighted by atomic mass is 32.1. The number of fused-ring (bicyclic) bond motifs is 1. The van der Waals surface area contributed by atoms with Crippen molar-refractivity contribution in [1.29, 1.82) is 0 Å². The van der Waals surface area contributed by atoms with Crippen LogP contribution in [-0.4, -0.2) is 16.2 Å². The van der Waals surface area contributed by atoms with Gasteiger partial charge in [0.15, 0.2) is 5.82 Å². The number of nitrogens with one attached hydrogen (secondary N) is 1. The largest absolute Gasteiger partial charge is 0.416 e. The maximum atomic E-state index is 12.5. The number of thiophene rings is 1. The summed E-state index contributed by atoms with van der Waals surface area (Å²) in [4.78, 5) is 9.16. The smallest absolute Gasteiger partial charge is 0.261 e. The molecule has 0 unspecified atom stereocenters. The molecule has 1 N–H and O–H groups in total. The second-order valence-electron chi connectivity index (χ2n) is 4.81. The van der Waals surface area contributed by atoms with Gasteiger partial charge in [-0.3, -0.25) is 5.43 Å². The van der Waals surface area contributed by atoms with Gasteiger partial charge in [0.1, 0.15) is 11.2 Å². The standard InChI is InChI=1S/C15H11F3N4S/c1-9-7-23-14-12(9)13(19-8-20-14)22-21-6-10-2-4-11(5-3-10)15(16,17)18/h2-8H,1H3,(H,19,20,22). The summed E-state index contributed by atoms with van der Waals surface area (Å²) in [6, 6.07) is 4.76. The third-order valence-corrected chi connectivity index (χ3v) is 4.18. The third-order valence-electron chi connectivity index (χ3n) is 3.18. The molecule has 0 aliphatic rings. The van der Waals surface area contributed by atoms with Gasteiger partial charge >= 0.3 is 6.18 Å². The lowest BCUT2D eigenvalue weighted by Crippen LogP contribution is -2.04. The molecule has 3 rings (SSSR count). The van der Waals surface area contributed by atoms with E-state index in [2.05, 4.69) is 20.5 Å². The summed E-state index contributed by atoms with van der Waals surface area (Å²) >= 11 is 1.51. The van der Waals surface area contributed by atoms with Crippen LogP contribution in [0.3, 0.4) is 0 Å². The molecule has 0 saturated heterocycles. The summed E-state index contributed by atoms with van der Waals surface area (Å²) in [5, 5.41) is 6.90. The van der Waals surface area contributed by atoms with Gasteiger partial charge in [-0.05, 0) is 35.6 Å². The zero-order valence-electron chi connectivity index (χ0n) is 11.9. The second kappa shape index (κ2) is 5.96. The van der Waals surface area contributed by atoms with Gasteiger partial charge in [0.05, 0.1) is 17.2 Å². The van der Waals surface area contributed by atoms with E-state index in [-0.39, 0.29) is 0 Å². The van der Waals surface area contributed by atoms with E-state index in [1.54, 1.807) is 0 Å². The Morgan fingerprint density at radius 2 is 1.91 bits per heavy atom. The number of nitrogens with zero attached hydrogens (tertiary/aromatic N) is 3. The van der Waals surface area contributed by atoms with Crippen LogP contribution >= 0.6 is 11.3 Å². The normalized spacial score (nSPS) is 12.2. The second-order valence-corrected chi connectivity index (χ2v) is 5.67. The lowest BCUT2D eigenvalue weighted by Gasteiger charge is -2.06. The Hall–Kier alpha value is -2.48. The molecule has 1 aromatic carbocycles. The van der Waals surface area contributed by atoms with Gasteiger partial charge in [-0.1, -0.05) is 12.1 Å². The predicted octanol–water partition coefficient (Wildman–Crippen LogP) is 4.46. The molecule has 0 atom stereocenters. The number of rotatable bonds is 3. The minimum atomic E-state index is -4.34. The average molecular weight is 336 g/mol. The molecule has 0 fully saturated rings. The Bertz CT molecular complexity index is 853. The van der Waals surface area contributed by atoms with Crippen LogP contribution in [0.2, 0.25) is 0 Å². The SMILES string of the molecule is Cc1csc2ncnc(NN=Cc3ccc(C(F)(F)F)cc3)c12. The quantitative estimate of drug-likeness (QED) is 0.567. The monoisotopic (exact) mass is 336 g/mol. The highest BCUT2D eigenvalue weighted by molar-refractivity contribution is 7.17. The van der Waals surface area contributed by atoms with Crippen LogP contribution in [0.25, 0.3) is 10.2 Å². The third kappa shape index (κ3) is 3.31. The predicted molar refractivity (Wildman–Crippen MR) is 84.8 cm³/mol. The summed E-state index contributed by atoms with van der Waals surface area (Å²) in [5.74, 6) is 0.567. The van der Waals surface area contributed by atoms with Crippen LogP contribution in [0.5, 0.6) is 0 Å². The lowest BCUT2D eigenvalue weighted by molar-refractivity contribution is -0.137. The van der Waals surface area contributed by atoms with Gasteiger partial charge in [0.2, 0.25) is 0 Å². The summed E-state index contributed by atoms with van der Waals surface area (Å²) in [6.07, 6.45) is -1.46. The summed E-state index contributed by atoms with van der Waals surface area (Å²) in [7, 11) is 0. The van der Waals surface area contributed by atoms with Gasteiger partial charge < -0.3 is 0 Å². The molecule has 0 aliphatic heterocycles. The van der Waals surface area contributed by atoms with Gasteiger partial charge in [-0.15, -0.1) is 11.3 Å². The molecule has 0 spiro atoms. The van der Waals surface area contributed by atoms with E-state index in [4.69, 9.17) is 0 Å². The minimum absolute atomic E-state index is 0.554.